The van der Waals surface area contributed by atoms with Gasteiger partial charge >= 0.3 is 0 Å². The highest BCUT2D eigenvalue weighted by atomic mass is 35.5. The Balaban J connectivity index is 1.92. The Kier molecular flexibility index (Phi) is 5.22. The first kappa shape index (κ1) is 17.0. The predicted octanol–water partition coefficient (Wildman–Crippen LogP) is 6.48. The Morgan fingerprint density at radius 1 is 1.17 bits per heavy atom. The molecule has 1 heterocycles. The summed E-state index contributed by atoms with van der Waals surface area (Å²) in [4.78, 5) is 5.77. The van der Waals surface area contributed by atoms with E-state index in [1.54, 1.807) is 11.3 Å². The molecule has 0 aliphatic heterocycles. The number of hydrogen-bond donors (Lipinski definition) is 0. The lowest BCUT2D eigenvalue weighted by molar-refractivity contribution is 0.242. The van der Waals surface area contributed by atoms with Crippen molar-refractivity contribution < 1.29 is 4.74 Å². The van der Waals surface area contributed by atoms with Gasteiger partial charge in [0.1, 0.15) is 10.8 Å². The molecule has 2 nitrogen and oxygen atoms in total. The molecule has 0 unspecified atom stereocenters. The monoisotopic (exact) mass is 357 g/mol. The summed E-state index contributed by atoms with van der Waals surface area (Å²) in [5.41, 5.74) is 3.61. The van der Waals surface area contributed by atoms with Gasteiger partial charge in [-0.25, -0.2) is 4.98 Å². The van der Waals surface area contributed by atoms with Crippen LogP contribution < -0.4 is 4.74 Å². The molecule has 2 aromatic carbocycles. The van der Waals surface area contributed by atoms with E-state index in [0.29, 0.717) is 10.8 Å². The summed E-state index contributed by atoms with van der Waals surface area (Å²) in [6, 6.07) is 14.3. The zero-order chi connectivity index (χ0) is 17.1. The Labute approximate surface area is 152 Å². The summed E-state index contributed by atoms with van der Waals surface area (Å²) in [7, 11) is 0. The smallest absolute Gasteiger partial charge is 0.138 e. The van der Waals surface area contributed by atoms with Gasteiger partial charge in [0.25, 0.3) is 0 Å². The second-order valence-electron chi connectivity index (χ2n) is 5.85. The van der Waals surface area contributed by atoms with Crippen molar-refractivity contribution in [3.63, 3.8) is 0 Å². The molecule has 0 bridgehead atoms. The van der Waals surface area contributed by atoms with Gasteiger partial charge in [0.15, 0.2) is 0 Å². The normalized spacial score (nSPS) is 11.0. The molecule has 0 saturated carbocycles. The van der Waals surface area contributed by atoms with E-state index < -0.39 is 0 Å². The van der Waals surface area contributed by atoms with Gasteiger partial charge in [0, 0.05) is 11.8 Å². The minimum Gasteiger partial charge on any atom is -0.489 e. The van der Waals surface area contributed by atoms with Crippen LogP contribution in [0.3, 0.4) is 0 Å². The van der Waals surface area contributed by atoms with Gasteiger partial charge in [-0.15, -0.1) is 11.3 Å². The van der Waals surface area contributed by atoms with Crippen molar-refractivity contribution in [1.82, 2.24) is 4.98 Å². The lowest BCUT2D eigenvalue weighted by atomic mass is 10.0. The number of benzene rings is 2. The molecule has 0 spiro atoms. The van der Waals surface area contributed by atoms with Gasteiger partial charge in [-0.3, -0.25) is 0 Å². The first-order valence-electron chi connectivity index (χ1n) is 8.09. The van der Waals surface area contributed by atoms with E-state index in [9.17, 15) is 0 Å². The third kappa shape index (κ3) is 3.63. The van der Waals surface area contributed by atoms with Crippen LogP contribution in [0.5, 0.6) is 5.75 Å². The van der Waals surface area contributed by atoms with Gasteiger partial charge in [-0.1, -0.05) is 42.8 Å². The largest absolute Gasteiger partial charge is 0.489 e. The second-order valence-corrected chi connectivity index (χ2v) is 7.29. The van der Waals surface area contributed by atoms with E-state index in [2.05, 4.69) is 36.2 Å². The number of halogens is 1. The Bertz CT molecular complexity index is 841. The lowest BCUT2D eigenvalue weighted by Crippen LogP contribution is -2.05. The van der Waals surface area contributed by atoms with Crippen LogP contribution in [0.2, 0.25) is 5.02 Å². The van der Waals surface area contributed by atoms with E-state index >= 15 is 0 Å². The Morgan fingerprint density at radius 3 is 2.67 bits per heavy atom. The van der Waals surface area contributed by atoms with Crippen molar-refractivity contribution in [2.24, 2.45) is 0 Å². The highest BCUT2D eigenvalue weighted by Crippen LogP contribution is 2.36. The molecule has 0 radical (unpaired) electrons. The van der Waals surface area contributed by atoms with Crippen LogP contribution in [-0.4, -0.2) is 11.1 Å². The highest BCUT2D eigenvalue weighted by Gasteiger charge is 2.11. The molecular formula is C20H20ClNOS. The average molecular weight is 358 g/mol. The number of nitrogens with zero attached hydrogens (tertiary/aromatic N) is 1. The maximum Gasteiger partial charge on any atom is 0.138 e. The summed E-state index contributed by atoms with van der Waals surface area (Å²) in [6.45, 7) is 6.15. The number of rotatable bonds is 5. The fraction of sp³-hybridized carbons (Fsp3) is 0.250. The zero-order valence-corrected chi connectivity index (χ0v) is 15.6. The van der Waals surface area contributed by atoms with Gasteiger partial charge in [0.2, 0.25) is 0 Å². The summed E-state index contributed by atoms with van der Waals surface area (Å²) in [5.74, 6) is 0.712. The van der Waals surface area contributed by atoms with E-state index in [1.807, 2.05) is 38.2 Å². The molecule has 0 amide bonds. The number of thiazole rings is 1. The minimum absolute atomic E-state index is 0.102. The lowest BCUT2D eigenvalue weighted by Gasteiger charge is -2.11. The van der Waals surface area contributed by atoms with Gasteiger partial charge in [-0.2, -0.15) is 0 Å². The number of hydrogen-bond acceptors (Lipinski definition) is 3. The first-order valence-corrected chi connectivity index (χ1v) is 9.28. The maximum absolute atomic E-state index is 6.35. The molecule has 0 atom stereocenters. The van der Waals surface area contributed by atoms with E-state index in [0.717, 1.165) is 17.0 Å². The van der Waals surface area contributed by atoms with Crippen LogP contribution in [0.4, 0.5) is 0 Å². The van der Waals surface area contributed by atoms with Gasteiger partial charge < -0.3 is 4.74 Å². The Hall–Kier alpha value is -1.84. The van der Waals surface area contributed by atoms with Crippen molar-refractivity contribution in [3.8, 4) is 26.8 Å². The summed E-state index contributed by atoms with van der Waals surface area (Å²) >= 11 is 8.03. The van der Waals surface area contributed by atoms with Crippen molar-refractivity contribution in [3.05, 3.63) is 59.2 Å². The molecule has 4 heteroatoms. The third-order valence-electron chi connectivity index (χ3n) is 3.71. The highest BCUT2D eigenvalue weighted by molar-refractivity contribution is 7.18. The molecule has 24 heavy (non-hydrogen) atoms. The quantitative estimate of drug-likeness (QED) is 0.521. The fourth-order valence-corrected chi connectivity index (χ4v) is 3.78. The summed E-state index contributed by atoms with van der Waals surface area (Å²) < 4.78 is 5.69. The van der Waals surface area contributed by atoms with Crippen molar-refractivity contribution in [1.29, 1.82) is 0 Å². The topological polar surface area (TPSA) is 22.1 Å². The first-order chi connectivity index (χ1) is 11.6. The van der Waals surface area contributed by atoms with E-state index in [4.69, 9.17) is 16.3 Å². The predicted molar refractivity (Wildman–Crippen MR) is 103 cm³/mol. The van der Waals surface area contributed by atoms with Crippen molar-refractivity contribution >= 4 is 22.9 Å². The standard InChI is InChI=1S/C20H20ClNOS/c1-4-14-7-5-6-8-16(14)19-12-22-20(24-19)15-9-10-18(17(21)11-15)23-13(2)3/h5-13H,4H2,1-3H3. The van der Waals surface area contributed by atoms with Crippen LogP contribution >= 0.6 is 22.9 Å². The molecule has 0 aliphatic rings. The molecule has 3 rings (SSSR count). The molecule has 0 aliphatic carbocycles. The van der Waals surface area contributed by atoms with Crippen molar-refractivity contribution in [2.45, 2.75) is 33.3 Å². The van der Waals surface area contributed by atoms with Gasteiger partial charge in [0.05, 0.1) is 16.0 Å². The molecule has 0 fully saturated rings. The van der Waals surface area contributed by atoms with E-state index in [1.165, 1.54) is 16.0 Å². The summed E-state index contributed by atoms with van der Waals surface area (Å²) in [5, 5.41) is 1.58. The molecular weight excluding hydrogens is 338 g/mol. The third-order valence-corrected chi connectivity index (χ3v) is 5.09. The van der Waals surface area contributed by atoms with Crippen LogP contribution in [-0.2, 0) is 6.42 Å². The minimum atomic E-state index is 0.102. The van der Waals surface area contributed by atoms with Crippen molar-refractivity contribution in [2.75, 3.05) is 0 Å². The van der Waals surface area contributed by atoms with Crippen LogP contribution in [0.25, 0.3) is 21.0 Å². The second kappa shape index (κ2) is 7.37. The van der Waals surface area contributed by atoms with E-state index in [-0.39, 0.29) is 6.10 Å². The van der Waals surface area contributed by atoms with Gasteiger partial charge in [-0.05, 0) is 49.6 Å². The fourth-order valence-electron chi connectivity index (χ4n) is 2.58. The Morgan fingerprint density at radius 2 is 1.96 bits per heavy atom. The molecule has 0 saturated heterocycles. The zero-order valence-electron chi connectivity index (χ0n) is 14.0. The van der Waals surface area contributed by atoms with Crippen LogP contribution in [0.15, 0.2) is 48.7 Å². The maximum atomic E-state index is 6.35. The average Bonchev–Trinajstić information content (AvgIpc) is 3.06. The number of aryl methyl sites for hydroxylation is 1. The molecule has 1 aromatic heterocycles. The number of aromatic nitrogens is 1. The summed E-state index contributed by atoms with van der Waals surface area (Å²) in [6.07, 6.45) is 3.06. The SMILES string of the molecule is CCc1ccccc1-c1cnc(-c2ccc(OC(C)C)c(Cl)c2)s1. The molecule has 3 aromatic rings. The molecule has 0 N–H and O–H groups in total. The van der Waals surface area contributed by atoms with Crippen LogP contribution in [0.1, 0.15) is 26.3 Å². The number of ether oxygens (including phenoxy) is 1. The van der Waals surface area contributed by atoms with Crippen LogP contribution in [0, 0.1) is 0 Å². The molecule has 124 valence electrons.